The molecular formula is C19H31NO3S2Si. The van der Waals surface area contributed by atoms with E-state index in [1.807, 2.05) is 24.3 Å². The Morgan fingerprint density at radius 2 is 1.73 bits per heavy atom. The van der Waals surface area contributed by atoms with E-state index < -0.39 is 22.9 Å². The fourth-order valence-corrected chi connectivity index (χ4v) is 6.65. The minimum absolute atomic E-state index is 0.162. The van der Waals surface area contributed by atoms with Crippen molar-refractivity contribution in [2.75, 3.05) is 6.61 Å². The number of benzene rings is 1. The van der Waals surface area contributed by atoms with Crippen molar-refractivity contribution in [3.8, 4) is 0 Å². The molecule has 2 aromatic rings. The summed E-state index contributed by atoms with van der Waals surface area (Å²) in [5.41, 5.74) is 0.744. The van der Waals surface area contributed by atoms with Gasteiger partial charge in [0.25, 0.3) is 0 Å². The molecule has 1 aromatic carbocycles. The zero-order valence-corrected chi connectivity index (χ0v) is 19.6. The minimum atomic E-state index is -3.48. The van der Waals surface area contributed by atoms with Gasteiger partial charge in [-0.1, -0.05) is 32.9 Å². The first-order chi connectivity index (χ1) is 11.8. The van der Waals surface area contributed by atoms with Crippen molar-refractivity contribution in [3.05, 3.63) is 24.3 Å². The number of nitrogens with zero attached hydrogens (tertiary/aromatic N) is 1. The van der Waals surface area contributed by atoms with Gasteiger partial charge in [-0.3, -0.25) is 0 Å². The van der Waals surface area contributed by atoms with Crippen molar-refractivity contribution >= 4 is 39.7 Å². The molecule has 146 valence electrons. The van der Waals surface area contributed by atoms with Crippen LogP contribution in [0.1, 0.15) is 47.5 Å². The number of sulfone groups is 1. The van der Waals surface area contributed by atoms with E-state index >= 15 is 0 Å². The first kappa shape index (κ1) is 21.5. The third kappa shape index (κ3) is 4.38. The van der Waals surface area contributed by atoms with Crippen LogP contribution in [0.2, 0.25) is 18.1 Å². The average Bonchev–Trinajstić information content (AvgIpc) is 2.95. The highest BCUT2D eigenvalue weighted by Gasteiger charge is 2.39. The number of hydrogen-bond donors (Lipinski definition) is 0. The zero-order chi connectivity index (χ0) is 19.8. The van der Waals surface area contributed by atoms with Crippen LogP contribution in [0.3, 0.4) is 0 Å². The highest BCUT2D eigenvalue weighted by Crippen LogP contribution is 2.37. The van der Waals surface area contributed by atoms with Crippen molar-refractivity contribution in [3.63, 3.8) is 0 Å². The fraction of sp³-hybridized carbons (Fsp3) is 0.632. The minimum Gasteiger partial charge on any atom is -0.417 e. The number of aromatic nitrogens is 1. The number of fused-ring (bicyclic) bond motifs is 1. The van der Waals surface area contributed by atoms with Crippen molar-refractivity contribution in [1.29, 1.82) is 0 Å². The molecule has 0 spiro atoms. The third-order valence-corrected chi connectivity index (χ3v) is 13.9. The lowest BCUT2D eigenvalue weighted by atomic mass is 10.1. The summed E-state index contributed by atoms with van der Waals surface area (Å²) in [5.74, 6) is 0. The van der Waals surface area contributed by atoms with Gasteiger partial charge in [0.15, 0.2) is 8.32 Å². The van der Waals surface area contributed by atoms with E-state index in [1.54, 1.807) is 13.8 Å². The van der Waals surface area contributed by atoms with Crippen LogP contribution in [0.25, 0.3) is 10.2 Å². The lowest BCUT2D eigenvalue weighted by Crippen LogP contribution is -2.41. The molecule has 7 heteroatoms. The second kappa shape index (κ2) is 7.34. The molecule has 0 unspecified atom stereocenters. The van der Waals surface area contributed by atoms with Gasteiger partial charge < -0.3 is 4.43 Å². The quantitative estimate of drug-likeness (QED) is 0.435. The van der Waals surface area contributed by atoms with Gasteiger partial charge >= 0.3 is 0 Å². The van der Waals surface area contributed by atoms with Gasteiger partial charge in [0.05, 0.1) is 15.0 Å². The molecule has 0 saturated carbocycles. The molecule has 0 fully saturated rings. The molecular weight excluding hydrogens is 382 g/mol. The molecule has 4 nitrogen and oxygen atoms in total. The van der Waals surface area contributed by atoms with E-state index in [1.165, 1.54) is 11.3 Å². The maximum Gasteiger partial charge on any atom is 0.210 e. The standard InChI is InChI=1S/C19H31NO3S2Si/c1-18(2,3)26(6,7)23-14-10-13-19(4,5)25(21,22)17-20-15-11-8-9-12-16(15)24-17/h8-9,11-12H,10,13-14H2,1-7H3. The predicted octanol–water partition coefficient (Wildman–Crippen LogP) is 5.65. The third-order valence-electron chi connectivity index (χ3n) is 5.42. The number of thiazole rings is 1. The van der Waals surface area contributed by atoms with Gasteiger partial charge in [0, 0.05) is 6.61 Å². The smallest absolute Gasteiger partial charge is 0.210 e. The molecule has 0 aliphatic carbocycles. The van der Waals surface area contributed by atoms with Crippen LogP contribution >= 0.6 is 11.3 Å². The van der Waals surface area contributed by atoms with Gasteiger partial charge in [-0.2, -0.15) is 0 Å². The molecule has 0 radical (unpaired) electrons. The molecule has 0 aliphatic heterocycles. The van der Waals surface area contributed by atoms with Gasteiger partial charge in [0.2, 0.25) is 14.2 Å². The van der Waals surface area contributed by atoms with Crippen LogP contribution in [0, 0.1) is 0 Å². The molecule has 0 saturated heterocycles. The summed E-state index contributed by atoms with van der Waals surface area (Å²) in [7, 11) is -5.27. The number of hydrogen-bond acceptors (Lipinski definition) is 5. The summed E-state index contributed by atoms with van der Waals surface area (Å²) in [6.07, 6.45) is 1.28. The Morgan fingerprint density at radius 3 is 2.31 bits per heavy atom. The first-order valence-electron chi connectivity index (χ1n) is 9.02. The molecule has 0 aliphatic rings. The second-order valence-corrected chi connectivity index (χ2v) is 17.5. The van der Waals surface area contributed by atoms with Crippen LogP contribution in [-0.2, 0) is 14.3 Å². The Labute approximate surface area is 163 Å². The summed E-state index contributed by atoms with van der Waals surface area (Å²) in [5, 5.41) is 0.162. The van der Waals surface area contributed by atoms with Crippen molar-refractivity contribution in [1.82, 2.24) is 4.98 Å². The highest BCUT2D eigenvalue weighted by atomic mass is 32.2. The topological polar surface area (TPSA) is 56.3 Å². The predicted molar refractivity (Wildman–Crippen MR) is 113 cm³/mol. The van der Waals surface area contributed by atoms with Crippen LogP contribution in [0.5, 0.6) is 0 Å². The van der Waals surface area contributed by atoms with Gasteiger partial charge in [-0.15, -0.1) is 11.3 Å². The Kier molecular flexibility index (Phi) is 6.08. The van der Waals surface area contributed by atoms with Crippen LogP contribution in [0.4, 0.5) is 0 Å². The highest BCUT2D eigenvalue weighted by molar-refractivity contribution is 7.94. The van der Waals surface area contributed by atoms with Gasteiger partial charge in [-0.25, -0.2) is 13.4 Å². The van der Waals surface area contributed by atoms with Crippen LogP contribution in [-0.4, -0.2) is 33.1 Å². The maximum atomic E-state index is 13.1. The van der Waals surface area contributed by atoms with Crippen molar-refractivity contribution in [2.45, 2.75) is 74.7 Å². The van der Waals surface area contributed by atoms with Crippen LogP contribution in [0.15, 0.2) is 28.6 Å². The molecule has 1 aromatic heterocycles. The normalized spacial score (nSPS) is 14.1. The van der Waals surface area contributed by atoms with E-state index in [-0.39, 0.29) is 9.38 Å². The van der Waals surface area contributed by atoms with Crippen molar-refractivity contribution in [2.24, 2.45) is 0 Å². The molecule has 0 atom stereocenters. The molecule has 1 heterocycles. The van der Waals surface area contributed by atoms with Crippen molar-refractivity contribution < 1.29 is 12.8 Å². The largest absolute Gasteiger partial charge is 0.417 e. The lowest BCUT2D eigenvalue weighted by molar-refractivity contribution is 0.273. The number of para-hydroxylation sites is 1. The second-order valence-electron chi connectivity index (χ2n) is 8.92. The SMILES string of the molecule is CC(C)(C)[Si](C)(C)OCCCC(C)(C)S(=O)(=O)c1nc2ccccc2s1. The van der Waals surface area contributed by atoms with E-state index in [4.69, 9.17) is 4.43 Å². The fourth-order valence-electron chi connectivity index (χ4n) is 2.38. The molecule has 0 amide bonds. The maximum absolute atomic E-state index is 13.1. The Hall–Kier alpha value is -0.763. The molecule has 26 heavy (non-hydrogen) atoms. The summed E-state index contributed by atoms with van der Waals surface area (Å²) in [4.78, 5) is 4.36. The summed E-state index contributed by atoms with van der Waals surface area (Å²) in [6.45, 7) is 15.3. The summed E-state index contributed by atoms with van der Waals surface area (Å²) in [6, 6.07) is 7.54. The van der Waals surface area contributed by atoms with Gasteiger partial charge in [0.1, 0.15) is 0 Å². The van der Waals surface area contributed by atoms with Gasteiger partial charge in [-0.05, 0) is 57.0 Å². The Morgan fingerprint density at radius 1 is 1.12 bits per heavy atom. The van der Waals surface area contributed by atoms with E-state index in [2.05, 4.69) is 38.8 Å². The zero-order valence-electron chi connectivity index (χ0n) is 16.9. The first-order valence-corrected chi connectivity index (χ1v) is 14.2. The van der Waals surface area contributed by atoms with E-state index in [9.17, 15) is 8.42 Å². The average molecular weight is 414 g/mol. The number of rotatable bonds is 7. The molecule has 0 bridgehead atoms. The monoisotopic (exact) mass is 413 g/mol. The van der Waals surface area contributed by atoms with Crippen LogP contribution < -0.4 is 0 Å². The lowest BCUT2D eigenvalue weighted by Gasteiger charge is -2.36. The Bertz CT molecular complexity index is 831. The summed E-state index contributed by atoms with van der Waals surface area (Å²) < 4.78 is 32.6. The Balaban J connectivity index is 2.06. The molecule has 0 N–H and O–H groups in total. The van der Waals surface area contributed by atoms with E-state index in [0.717, 1.165) is 16.6 Å². The summed E-state index contributed by atoms with van der Waals surface area (Å²) >= 11 is 1.25. The molecule has 2 rings (SSSR count). The van der Waals surface area contributed by atoms with E-state index in [0.29, 0.717) is 13.0 Å².